The van der Waals surface area contributed by atoms with Gasteiger partial charge in [-0.3, -0.25) is 9.59 Å². The van der Waals surface area contributed by atoms with Gasteiger partial charge in [0.05, 0.1) is 0 Å². The van der Waals surface area contributed by atoms with Crippen LogP contribution in [0.1, 0.15) is 24.0 Å². The van der Waals surface area contributed by atoms with Crippen molar-refractivity contribution in [2.75, 3.05) is 13.1 Å². The maximum Gasteiger partial charge on any atom is 0.246 e. The number of carbonyl (C=O) groups excluding carboxylic acids is 2. The van der Waals surface area contributed by atoms with Crippen LogP contribution in [0.3, 0.4) is 0 Å². The van der Waals surface area contributed by atoms with E-state index in [0.29, 0.717) is 0 Å². The number of nitrogens with zero attached hydrogens (tertiary/aromatic N) is 2. The highest BCUT2D eigenvalue weighted by atomic mass is 16.2. The molecule has 104 valence electrons. The fourth-order valence-electron chi connectivity index (χ4n) is 3.89. The van der Waals surface area contributed by atoms with E-state index in [2.05, 4.69) is 12.1 Å². The second kappa shape index (κ2) is 4.33. The van der Waals surface area contributed by atoms with Gasteiger partial charge in [-0.15, -0.1) is 0 Å². The predicted molar refractivity (Wildman–Crippen MR) is 74.1 cm³/mol. The van der Waals surface area contributed by atoms with Crippen molar-refractivity contribution >= 4 is 11.8 Å². The largest absolute Gasteiger partial charge is 0.329 e. The summed E-state index contributed by atoms with van der Waals surface area (Å²) in [4.78, 5) is 28.4. The van der Waals surface area contributed by atoms with Gasteiger partial charge in [-0.25, -0.2) is 0 Å². The second-order valence-corrected chi connectivity index (χ2v) is 6.04. The molecule has 1 aliphatic carbocycles. The van der Waals surface area contributed by atoms with E-state index in [9.17, 15) is 9.59 Å². The molecule has 4 rings (SSSR count). The van der Waals surface area contributed by atoms with Crippen LogP contribution in [0.2, 0.25) is 0 Å². The van der Waals surface area contributed by atoms with Crippen molar-refractivity contribution in [1.82, 2.24) is 9.80 Å². The van der Waals surface area contributed by atoms with Crippen molar-refractivity contribution in [2.45, 2.75) is 37.8 Å². The number of carbonyl (C=O) groups is 2. The Kier molecular flexibility index (Phi) is 2.59. The zero-order chi connectivity index (χ0) is 13.7. The van der Waals surface area contributed by atoms with Gasteiger partial charge in [0.2, 0.25) is 11.8 Å². The molecule has 0 spiro atoms. The number of rotatable bonds is 1. The van der Waals surface area contributed by atoms with Gasteiger partial charge in [-0.1, -0.05) is 24.3 Å². The minimum Gasteiger partial charge on any atom is -0.329 e. The molecule has 0 radical (unpaired) electrons. The Hall–Kier alpha value is -1.84. The third-order valence-electron chi connectivity index (χ3n) is 4.92. The smallest absolute Gasteiger partial charge is 0.246 e. The average Bonchev–Trinajstić information content (AvgIpc) is 3.08. The van der Waals surface area contributed by atoms with Crippen LogP contribution in [-0.4, -0.2) is 46.8 Å². The maximum atomic E-state index is 12.6. The summed E-state index contributed by atoms with van der Waals surface area (Å²) in [6.45, 7) is 1.03. The molecule has 2 fully saturated rings. The first-order valence-corrected chi connectivity index (χ1v) is 7.41. The molecule has 0 saturated carbocycles. The Morgan fingerprint density at radius 2 is 1.70 bits per heavy atom. The summed E-state index contributed by atoms with van der Waals surface area (Å²) in [5, 5.41) is 0. The first-order chi connectivity index (χ1) is 9.74. The highest BCUT2D eigenvalue weighted by molar-refractivity contribution is 5.95. The molecule has 1 aromatic carbocycles. The van der Waals surface area contributed by atoms with E-state index in [1.54, 1.807) is 4.90 Å². The Labute approximate surface area is 118 Å². The van der Waals surface area contributed by atoms with Crippen LogP contribution in [0, 0.1) is 0 Å². The Morgan fingerprint density at radius 1 is 1.00 bits per heavy atom. The van der Waals surface area contributed by atoms with Gasteiger partial charge in [-0.2, -0.15) is 0 Å². The number of benzene rings is 1. The topological polar surface area (TPSA) is 40.6 Å². The second-order valence-electron chi connectivity index (χ2n) is 6.04. The molecule has 0 N–H and O–H groups in total. The predicted octanol–water partition coefficient (Wildman–Crippen LogP) is 0.987. The molecular formula is C16H18N2O2. The fraction of sp³-hybridized carbons (Fsp3) is 0.500. The number of hydrogen-bond donors (Lipinski definition) is 0. The first kappa shape index (κ1) is 11.9. The first-order valence-electron chi connectivity index (χ1n) is 7.41. The highest BCUT2D eigenvalue weighted by Crippen LogP contribution is 2.30. The Morgan fingerprint density at radius 3 is 2.40 bits per heavy atom. The molecule has 2 aliphatic heterocycles. The third-order valence-corrected chi connectivity index (χ3v) is 4.92. The van der Waals surface area contributed by atoms with E-state index in [1.807, 2.05) is 17.0 Å². The molecule has 1 unspecified atom stereocenters. The zero-order valence-corrected chi connectivity index (χ0v) is 11.4. The van der Waals surface area contributed by atoms with Gasteiger partial charge >= 0.3 is 0 Å². The van der Waals surface area contributed by atoms with E-state index >= 15 is 0 Å². The normalized spacial score (nSPS) is 26.1. The van der Waals surface area contributed by atoms with E-state index in [4.69, 9.17) is 0 Å². The van der Waals surface area contributed by atoms with Crippen molar-refractivity contribution in [1.29, 1.82) is 0 Å². The van der Waals surface area contributed by atoms with Crippen LogP contribution in [0.15, 0.2) is 24.3 Å². The molecule has 3 aliphatic rings. The van der Waals surface area contributed by atoms with Gasteiger partial charge in [0.1, 0.15) is 12.6 Å². The third kappa shape index (κ3) is 1.67. The van der Waals surface area contributed by atoms with Crippen LogP contribution in [0.5, 0.6) is 0 Å². The van der Waals surface area contributed by atoms with Crippen LogP contribution < -0.4 is 0 Å². The lowest BCUT2D eigenvalue weighted by molar-refractivity contribution is -0.155. The Balaban J connectivity index is 1.58. The van der Waals surface area contributed by atoms with E-state index in [1.165, 1.54) is 11.1 Å². The van der Waals surface area contributed by atoms with Crippen LogP contribution in [-0.2, 0) is 22.4 Å². The lowest BCUT2D eigenvalue weighted by Gasteiger charge is -2.39. The number of hydrogen-bond acceptors (Lipinski definition) is 2. The highest BCUT2D eigenvalue weighted by Gasteiger charge is 2.44. The monoisotopic (exact) mass is 270 g/mol. The van der Waals surface area contributed by atoms with E-state index in [-0.39, 0.29) is 30.4 Å². The molecule has 0 bridgehead atoms. The van der Waals surface area contributed by atoms with Crippen molar-refractivity contribution in [3.8, 4) is 0 Å². The summed E-state index contributed by atoms with van der Waals surface area (Å²) in [5.74, 6) is 0.294. The van der Waals surface area contributed by atoms with Crippen LogP contribution in [0.4, 0.5) is 0 Å². The SMILES string of the molecule is O=C1C2CCCN2C(=O)CN1C1Cc2ccccc2C1. The number of fused-ring (bicyclic) bond motifs is 2. The molecule has 1 aromatic rings. The van der Waals surface area contributed by atoms with Gasteiger partial charge in [0, 0.05) is 12.6 Å². The summed E-state index contributed by atoms with van der Waals surface area (Å²) in [6.07, 6.45) is 3.57. The van der Waals surface area contributed by atoms with Gasteiger partial charge in [0.25, 0.3) is 0 Å². The molecule has 1 atom stereocenters. The summed E-state index contributed by atoms with van der Waals surface area (Å²) in [5.41, 5.74) is 2.65. The molecule has 4 heteroatoms. The van der Waals surface area contributed by atoms with Crippen LogP contribution in [0.25, 0.3) is 0 Å². The standard InChI is InChI=1S/C16H18N2O2/c19-15-10-18(16(20)14-6-3-7-17(14)15)13-8-11-4-1-2-5-12(11)9-13/h1-2,4-5,13-14H,3,6-10H2. The van der Waals surface area contributed by atoms with Crippen molar-refractivity contribution in [3.63, 3.8) is 0 Å². The number of piperazine rings is 1. The quantitative estimate of drug-likeness (QED) is 0.763. The van der Waals surface area contributed by atoms with E-state index < -0.39 is 0 Å². The maximum absolute atomic E-state index is 12.6. The molecule has 0 aromatic heterocycles. The molecule has 4 nitrogen and oxygen atoms in total. The Bertz CT molecular complexity index is 559. The average molecular weight is 270 g/mol. The zero-order valence-electron chi connectivity index (χ0n) is 11.4. The van der Waals surface area contributed by atoms with E-state index in [0.717, 1.165) is 32.2 Å². The van der Waals surface area contributed by atoms with Crippen molar-refractivity contribution < 1.29 is 9.59 Å². The molecule has 2 heterocycles. The van der Waals surface area contributed by atoms with Gasteiger partial charge < -0.3 is 9.80 Å². The summed E-state index contributed by atoms with van der Waals surface area (Å²) in [7, 11) is 0. The lowest BCUT2D eigenvalue weighted by atomic mass is 10.1. The van der Waals surface area contributed by atoms with Crippen molar-refractivity contribution in [3.05, 3.63) is 35.4 Å². The fourth-order valence-corrected chi connectivity index (χ4v) is 3.89. The van der Waals surface area contributed by atoms with Gasteiger partial charge in [-0.05, 0) is 36.8 Å². The number of amides is 2. The summed E-state index contributed by atoms with van der Waals surface area (Å²) < 4.78 is 0. The molecular weight excluding hydrogens is 252 g/mol. The summed E-state index contributed by atoms with van der Waals surface area (Å²) in [6, 6.07) is 8.35. The molecule has 20 heavy (non-hydrogen) atoms. The summed E-state index contributed by atoms with van der Waals surface area (Å²) >= 11 is 0. The minimum atomic E-state index is -0.181. The molecule has 2 saturated heterocycles. The van der Waals surface area contributed by atoms with Gasteiger partial charge in [0.15, 0.2) is 0 Å². The van der Waals surface area contributed by atoms with Crippen molar-refractivity contribution in [2.24, 2.45) is 0 Å². The van der Waals surface area contributed by atoms with Crippen LogP contribution >= 0.6 is 0 Å². The molecule has 2 amide bonds. The minimum absolute atomic E-state index is 0.128. The lowest BCUT2D eigenvalue weighted by Crippen LogP contribution is -2.60.